The van der Waals surface area contributed by atoms with Gasteiger partial charge in [-0.05, 0) is 111 Å². The molecule has 0 atom stereocenters. The van der Waals surface area contributed by atoms with Crippen molar-refractivity contribution in [2.45, 2.75) is 89.6 Å². The lowest BCUT2D eigenvalue weighted by molar-refractivity contribution is -0.222. The number of aryl methyl sites for hydroxylation is 1. The summed E-state index contributed by atoms with van der Waals surface area (Å²) in [6.45, 7) is 2.16. The molecule has 2 aliphatic rings. The molecule has 0 aliphatic heterocycles. The van der Waals surface area contributed by atoms with E-state index in [1.807, 2.05) is 6.07 Å². The van der Waals surface area contributed by atoms with Gasteiger partial charge in [0.2, 0.25) is 0 Å². The summed E-state index contributed by atoms with van der Waals surface area (Å²) in [5.74, 6) is 0.640. The van der Waals surface area contributed by atoms with Gasteiger partial charge in [0, 0.05) is 0 Å². The zero-order chi connectivity index (χ0) is 24.7. The maximum atomic E-state index is 14.7. The van der Waals surface area contributed by atoms with Crippen molar-refractivity contribution in [1.82, 2.24) is 0 Å². The van der Waals surface area contributed by atoms with Gasteiger partial charge in [0.25, 0.3) is 0 Å². The fraction of sp³-hybridized carbons (Fsp3) is 0.548. The molecule has 4 heteroatoms. The Morgan fingerprint density at radius 1 is 0.857 bits per heavy atom. The first-order valence-corrected chi connectivity index (χ1v) is 13.5. The average molecular weight is 485 g/mol. The van der Waals surface area contributed by atoms with Gasteiger partial charge < -0.3 is 4.74 Å². The lowest BCUT2D eigenvalue weighted by Gasteiger charge is -2.32. The predicted molar refractivity (Wildman–Crippen MR) is 136 cm³/mol. The van der Waals surface area contributed by atoms with Crippen LogP contribution in [0.4, 0.5) is 13.2 Å². The third kappa shape index (κ3) is 7.15. The summed E-state index contributed by atoms with van der Waals surface area (Å²) in [5, 5.41) is 0. The number of alkyl halides is 2. The van der Waals surface area contributed by atoms with E-state index in [9.17, 15) is 13.2 Å². The van der Waals surface area contributed by atoms with Crippen molar-refractivity contribution < 1.29 is 17.9 Å². The monoisotopic (exact) mass is 484 g/mol. The van der Waals surface area contributed by atoms with Gasteiger partial charge in [0.05, 0.1) is 5.92 Å². The summed E-state index contributed by atoms with van der Waals surface area (Å²) >= 11 is 0. The summed E-state index contributed by atoms with van der Waals surface area (Å²) in [5.41, 5.74) is 1.98. The normalized spacial score (nSPS) is 25.6. The SMILES string of the molecule is CCCCc1ccc(C2CCC(/C=C/C3CCC(C(F)(F)Oc4ccccc4)CC3)CC2)c(F)c1. The first-order valence-electron chi connectivity index (χ1n) is 13.5. The van der Waals surface area contributed by atoms with Crippen molar-refractivity contribution in [2.75, 3.05) is 0 Å². The van der Waals surface area contributed by atoms with E-state index >= 15 is 0 Å². The lowest BCUT2D eigenvalue weighted by Crippen LogP contribution is -2.37. The Bertz CT molecular complexity index is 939. The summed E-state index contributed by atoms with van der Waals surface area (Å²) < 4.78 is 49.0. The van der Waals surface area contributed by atoms with E-state index in [4.69, 9.17) is 4.74 Å². The number of ether oxygens (including phenoxy) is 1. The van der Waals surface area contributed by atoms with Gasteiger partial charge in [-0.3, -0.25) is 0 Å². The molecule has 0 radical (unpaired) electrons. The Morgan fingerprint density at radius 2 is 1.49 bits per heavy atom. The summed E-state index contributed by atoms with van der Waals surface area (Å²) in [4.78, 5) is 0. The van der Waals surface area contributed by atoms with Crippen LogP contribution in [0.2, 0.25) is 0 Å². The van der Waals surface area contributed by atoms with Gasteiger partial charge in [0.1, 0.15) is 11.6 Å². The molecule has 0 heterocycles. The zero-order valence-electron chi connectivity index (χ0n) is 20.9. The Balaban J connectivity index is 1.21. The molecule has 0 unspecified atom stereocenters. The van der Waals surface area contributed by atoms with Crippen LogP contribution in [-0.2, 0) is 6.42 Å². The number of unbranched alkanes of at least 4 members (excludes halogenated alkanes) is 1. The van der Waals surface area contributed by atoms with Crippen LogP contribution in [-0.4, -0.2) is 6.11 Å². The van der Waals surface area contributed by atoms with Gasteiger partial charge >= 0.3 is 6.11 Å². The quantitative estimate of drug-likeness (QED) is 0.322. The molecule has 2 fully saturated rings. The number of hydrogen-bond donors (Lipinski definition) is 0. The molecule has 190 valence electrons. The predicted octanol–water partition coefficient (Wildman–Crippen LogP) is 9.48. The minimum absolute atomic E-state index is 0.0394. The van der Waals surface area contributed by atoms with E-state index in [-0.39, 0.29) is 11.6 Å². The molecule has 4 rings (SSSR count). The molecule has 2 aromatic carbocycles. The van der Waals surface area contributed by atoms with Crippen molar-refractivity contribution in [2.24, 2.45) is 17.8 Å². The second-order valence-corrected chi connectivity index (χ2v) is 10.5. The largest absolute Gasteiger partial charge is 0.432 e. The molecule has 2 aliphatic carbocycles. The third-order valence-corrected chi connectivity index (χ3v) is 8.00. The highest BCUT2D eigenvalue weighted by atomic mass is 19.3. The smallest absolute Gasteiger partial charge is 0.400 e. The Hall–Kier alpha value is -2.23. The van der Waals surface area contributed by atoms with Gasteiger partial charge in [-0.25, -0.2) is 4.39 Å². The van der Waals surface area contributed by atoms with Crippen molar-refractivity contribution in [3.63, 3.8) is 0 Å². The lowest BCUT2D eigenvalue weighted by atomic mass is 9.77. The number of benzene rings is 2. The maximum Gasteiger partial charge on any atom is 0.400 e. The van der Waals surface area contributed by atoms with Crippen LogP contribution in [0.5, 0.6) is 5.75 Å². The van der Waals surface area contributed by atoms with E-state index in [0.29, 0.717) is 30.6 Å². The van der Waals surface area contributed by atoms with Gasteiger partial charge in [-0.15, -0.1) is 0 Å². The van der Waals surface area contributed by atoms with Crippen LogP contribution in [0.1, 0.15) is 88.2 Å². The van der Waals surface area contributed by atoms with Crippen LogP contribution in [0, 0.1) is 23.6 Å². The topological polar surface area (TPSA) is 9.23 Å². The van der Waals surface area contributed by atoms with Crippen molar-refractivity contribution >= 4 is 0 Å². The van der Waals surface area contributed by atoms with Gasteiger partial charge in [-0.2, -0.15) is 8.78 Å². The van der Waals surface area contributed by atoms with Crippen LogP contribution < -0.4 is 4.74 Å². The number of allylic oxidation sites excluding steroid dienone is 2. The molecule has 35 heavy (non-hydrogen) atoms. The van der Waals surface area contributed by atoms with Crippen molar-refractivity contribution in [3.8, 4) is 5.75 Å². The van der Waals surface area contributed by atoms with Crippen LogP contribution in [0.15, 0.2) is 60.7 Å². The molecule has 0 bridgehead atoms. The molecule has 2 aromatic rings. The highest BCUT2D eigenvalue weighted by Gasteiger charge is 2.43. The number of para-hydroxylation sites is 1. The molecule has 0 N–H and O–H groups in total. The number of hydrogen-bond acceptors (Lipinski definition) is 1. The first-order chi connectivity index (χ1) is 16.9. The molecular weight excluding hydrogens is 445 g/mol. The van der Waals surface area contributed by atoms with Crippen LogP contribution in [0.3, 0.4) is 0 Å². The second kappa shape index (κ2) is 12.1. The fourth-order valence-electron chi connectivity index (χ4n) is 5.75. The van der Waals surface area contributed by atoms with Gasteiger partial charge in [-0.1, -0.05) is 55.8 Å². The van der Waals surface area contributed by atoms with E-state index in [0.717, 1.165) is 68.9 Å². The van der Waals surface area contributed by atoms with Crippen LogP contribution >= 0.6 is 0 Å². The fourth-order valence-corrected chi connectivity index (χ4v) is 5.75. The molecule has 0 saturated heterocycles. The molecule has 1 nitrogen and oxygen atoms in total. The number of rotatable bonds is 9. The molecule has 0 spiro atoms. The van der Waals surface area contributed by atoms with Gasteiger partial charge in [0.15, 0.2) is 0 Å². The van der Waals surface area contributed by atoms with Crippen molar-refractivity contribution in [3.05, 3.63) is 77.6 Å². The van der Waals surface area contributed by atoms with E-state index < -0.39 is 12.0 Å². The maximum absolute atomic E-state index is 14.7. The molecule has 2 saturated carbocycles. The minimum atomic E-state index is -3.13. The van der Waals surface area contributed by atoms with E-state index in [1.165, 1.54) is 0 Å². The molecular formula is C31H39F3O. The Labute approximate surface area is 208 Å². The average Bonchev–Trinajstić information content (AvgIpc) is 2.87. The van der Waals surface area contributed by atoms with E-state index in [1.54, 1.807) is 36.4 Å². The Morgan fingerprint density at radius 3 is 2.09 bits per heavy atom. The highest BCUT2D eigenvalue weighted by molar-refractivity contribution is 5.28. The Kier molecular flexibility index (Phi) is 8.97. The summed E-state index contributed by atoms with van der Waals surface area (Å²) in [7, 11) is 0. The third-order valence-electron chi connectivity index (χ3n) is 8.00. The van der Waals surface area contributed by atoms with Crippen molar-refractivity contribution in [1.29, 1.82) is 0 Å². The minimum Gasteiger partial charge on any atom is -0.432 e. The summed E-state index contributed by atoms with van der Waals surface area (Å²) in [6, 6.07) is 14.2. The zero-order valence-corrected chi connectivity index (χ0v) is 20.9. The second-order valence-electron chi connectivity index (χ2n) is 10.5. The van der Waals surface area contributed by atoms with E-state index in [2.05, 4.69) is 25.1 Å². The standard InChI is InChI=1S/C31H39F3O/c1-2-3-7-25-16-21-29(30(32)22-25)26-17-12-23(13-18-26)10-11-24-14-19-27(20-15-24)31(33,34)35-28-8-5-4-6-9-28/h4-6,8-11,16,21-24,26-27H,2-3,7,12-15,17-20H2,1H3/b11-10+. The number of halogens is 3. The first kappa shape index (κ1) is 25.9. The van der Waals surface area contributed by atoms with Crippen LogP contribution in [0.25, 0.3) is 0 Å². The highest BCUT2D eigenvalue weighted by Crippen LogP contribution is 2.41. The summed E-state index contributed by atoms with van der Waals surface area (Å²) in [6.07, 6.45) is 11.3. The molecule has 0 amide bonds. The molecule has 0 aromatic heterocycles.